The molecule has 0 amide bonds. The van der Waals surface area contributed by atoms with Crippen molar-refractivity contribution in [3.8, 4) is 0 Å². The molecule has 24 heavy (non-hydrogen) atoms. The summed E-state index contributed by atoms with van der Waals surface area (Å²) in [5.74, 6) is 1.67. The van der Waals surface area contributed by atoms with E-state index < -0.39 is 13.6 Å². The third kappa shape index (κ3) is 12.5. The molecule has 0 aromatic rings. The molecular formula is C16H30O8. The Morgan fingerprint density at radius 1 is 0.792 bits per heavy atom. The Kier molecular flexibility index (Phi) is 15.0. The standard InChI is InChI=1S/2C7H12O.C2H6O6/c2*1-6-4-2-3-5-7(6)8;3-5-1-7-8-2-6-4/h2*6H,2-5H2,1H3;3-4H,1-2H2. The van der Waals surface area contributed by atoms with Crippen molar-refractivity contribution in [2.45, 2.75) is 65.2 Å². The van der Waals surface area contributed by atoms with E-state index in [1.165, 1.54) is 12.8 Å². The molecule has 0 heterocycles. The van der Waals surface area contributed by atoms with Crippen LogP contribution >= 0.6 is 0 Å². The second kappa shape index (κ2) is 15.6. The highest BCUT2D eigenvalue weighted by molar-refractivity contribution is 5.81. The number of rotatable bonds is 5. The van der Waals surface area contributed by atoms with E-state index >= 15 is 0 Å². The second-order valence-corrected chi connectivity index (χ2v) is 5.96. The SMILES string of the molecule is CC1CCCCC1=O.CC1CCCCC1=O.OOCOOCOO. The zero-order valence-corrected chi connectivity index (χ0v) is 14.6. The fourth-order valence-electron chi connectivity index (χ4n) is 2.43. The van der Waals surface area contributed by atoms with Crippen LogP contribution in [0.5, 0.6) is 0 Å². The third-order valence-corrected chi connectivity index (χ3v) is 4.00. The van der Waals surface area contributed by atoms with Crippen molar-refractivity contribution in [2.24, 2.45) is 11.8 Å². The monoisotopic (exact) mass is 350 g/mol. The Balaban J connectivity index is 0.000000331. The van der Waals surface area contributed by atoms with Crippen LogP contribution in [0.3, 0.4) is 0 Å². The van der Waals surface area contributed by atoms with Gasteiger partial charge in [0.05, 0.1) is 0 Å². The van der Waals surface area contributed by atoms with Crippen molar-refractivity contribution in [1.29, 1.82) is 0 Å². The van der Waals surface area contributed by atoms with Crippen LogP contribution in [0.2, 0.25) is 0 Å². The lowest BCUT2D eigenvalue weighted by Crippen LogP contribution is -2.14. The van der Waals surface area contributed by atoms with Gasteiger partial charge in [0.2, 0.25) is 13.6 Å². The molecule has 2 aliphatic rings. The van der Waals surface area contributed by atoms with Gasteiger partial charge in [-0.25, -0.2) is 30.1 Å². The minimum atomic E-state index is -0.427. The van der Waals surface area contributed by atoms with Crippen LogP contribution in [-0.2, 0) is 29.1 Å². The van der Waals surface area contributed by atoms with E-state index in [1.54, 1.807) is 0 Å². The molecule has 0 saturated heterocycles. The number of hydrogen-bond acceptors (Lipinski definition) is 8. The Labute approximate surface area is 142 Å². The van der Waals surface area contributed by atoms with Crippen LogP contribution in [-0.4, -0.2) is 35.7 Å². The first-order valence-corrected chi connectivity index (χ1v) is 8.35. The summed E-state index contributed by atoms with van der Waals surface area (Å²) in [6, 6.07) is 0. The number of carbonyl (C=O) groups is 2. The van der Waals surface area contributed by atoms with E-state index in [2.05, 4.69) is 19.6 Å². The maximum Gasteiger partial charge on any atom is 0.214 e. The van der Waals surface area contributed by atoms with Gasteiger partial charge in [0.25, 0.3) is 0 Å². The van der Waals surface area contributed by atoms with Crippen molar-refractivity contribution >= 4 is 11.6 Å². The average molecular weight is 350 g/mol. The largest absolute Gasteiger partial charge is 0.299 e. The van der Waals surface area contributed by atoms with Gasteiger partial charge in [0.1, 0.15) is 11.6 Å². The molecule has 0 bridgehead atoms. The molecule has 0 spiro atoms. The predicted octanol–water partition coefficient (Wildman–Crippen LogP) is 3.36. The van der Waals surface area contributed by atoms with Gasteiger partial charge in [-0.05, 0) is 25.7 Å². The van der Waals surface area contributed by atoms with Crippen LogP contribution in [0.15, 0.2) is 0 Å². The molecule has 0 aromatic carbocycles. The van der Waals surface area contributed by atoms with Gasteiger partial charge in [-0.2, -0.15) is 0 Å². The molecule has 2 fully saturated rings. The van der Waals surface area contributed by atoms with Crippen LogP contribution in [0.25, 0.3) is 0 Å². The van der Waals surface area contributed by atoms with E-state index in [9.17, 15) is 9.59 Å². The fraction of sp³-hybridized carbons (Fsp3) is 0.875. The minimum Gasteiger partial charge on any atom is -0.299 e. The van der Waals surface area contributed by atoms with E-state index in [0.717, 1.165) is 38.5 Å². The molecule has 2 N–H and O–H groups in total. The van der Waals surface area contributed by atoms with Gasteiger partial charge in [-0.3, -0.25) is 9.59 Å². The van der Waals surface area contributed by atoms with E-state index in [4.69, 9.17) is 10.5 Å². The summed E-state index contributed by atoms with van der Waals surface area (Å²) in [6.45, 7) is 3.20. The van der Waals surface area contributed by atoms with Gasteiger partial charge in [-0.1, -0.05) is 26.7 Å². The van der Waals surface area contributed by atoms with Gasteiger partial charge in [-0.15, -0.1) is 0 Å². The highest BCUT2D eigenvalue weighted by atomic mass is 17.3. The first-order chi connectivity index (χ1) is 11.5. The first kappa shape index (κ1) is 23.1. The number of Topliss-reactive ketones (excluding diaryl/α,β-unsaturated/α-hetero) is 2. The Bertz CT molecular complexity index is 302. The van der Waals surface area contributed by atoms with Crippen molar-refractivity contribution in [3.05, 3.63) is 0 Å². The van der Waals surface area contributed by atoms with Crippen molar-refractivity contribution in [1.82, 2.24) is 0 Å². The molecule has 2 atom stereocenters. The maximum atomic E-state index is 10.8. The van der Waals surface area contributed by atoms with Gasteiger partial charge in [0, 0.05) is 24.7 Å². The summed E-state index contributed by atoms with van der Waals surface area (Å²) in [5.41, 5.74) is 0. The topological polar surface area (TPSA) is 112 Å². The number of hydrogen-bond donors (Lipinski definition) is 2. The van der Waals surface area contributed by atoms with Gasteiger partial charge >= 0.3 is 0 Å². The molecule has 2 unspecified atom stereocenters. The molecule has 142 valence electrons. The summed E-state index contributed by atoms with van der Waals surface area (Å²) < 4.78 is 0. The van der Waals surface area contributed by atoms with Crippen LogP contribution in [0.4, 0.5) is 0 Å². The smallest absolute Gasteiger partial charge is 0.214 e. The van der Waals surface area contributed by atoms with Gasteiger partial charge < -0.3 is 0 Å². The molecule has 8 nitrogen and oxygen atoms in total. The van der Waals surface area contributed by atoms with E-state index in [-0.39, 0.29) is 0 Å². The lowest BCUT2D eigenvalue weighted by molar-refractivity contribution is -0.449. The summed E-state index contributed by atoms with van der Waals surface area (Å²) in [5, 5.41) is 15.1. The van der Waals surface area contributed by atoms with Crippen LogP contribution in [0.1, 0.15) is 65.2 Å². The zero-order chi connectivity index (χ0) is 18.2. The van der Waals surface area contributed by atoms with E-state index in [1.807, 2.05) is 13.8 Å². The van der Waals surface area contributed by atoms with Crippen LogP contribution in [0, 0.1) is 11.8 Å². The predicted molar refractivity (Wildman–Crippen MR) is 84.6 cm³/mol. The van der Waals surface area contributed by atoms with Crippen molar-refractivity contribution < 1.29 is 39.7 Å². The normalized spacial score (nSPS) is 23.7. The fourth-order valence-corrected chi connectivity index (χ4v) is 2.43. The van der Waals surface area contributed by atoms with Crippen LogP contribution < -0.4 is 0 Å². The molecule has 2 rings (SSSR count). The molecule has 8 heteroatoms. The number of ketones is 2. The summed E-state index contributed by atoms with van der Waals surface area (Å²) in [4.78, 5) is 36.3. The van der Waals surface area contributed by atoms with Gasteiger partial charge in [0.15, 0.2) is 0 Å². The summed E-state index contributed by atoms with van der Waals surface area (Å²) in [6.07, 6.45) is 8.69. The molecule has 0 aromatic heterocycles. The third-order valence-electron chi connectivity index (χ3n) is 4.00. The lowest BCUT2D eigenvalue weighted by Gasteiger charge is -2.14. The summed E-state index contributed by atoms with van der Waals surface area (Å²) in [7, 11) is 0. The van der Waals surface area contributed by atoms with E-state index in [0.29, 0.717) is 23.4 Å². The molecule has 0 radical (unpaired) electrons. The van der Waals surface area contributed by atoms with Crippen molar-refractivity contribution in [3.63, 3.8) is 0 Å². The highest BCUT2D eigenvalue weighted by Gasteiger charge is 2.16. The lowest BCUT2D eigenvalue weighted by atomic mass is 9.90. The second-order valence-electron chi connectivity index (χ2n) is 5.96. The average Bonchev–Trinajstić information content (AvgIpc) is 2.58. The highest BCUT2D eigenvalue weighted by Crippen LogP contribution is 2.19. The molecule has 2 aliphatic carbocycles. The Morgan fingerprint density at radius 3 is 1.38 bits per heavy atom. The molecule has 0 aliphatic heterocycles. The van der Waals surface area contributed by atoms with Crippen molar-refractivity contribution in [2.75, 3.05) is 13.6 Å². The first-order valence-electron chi connectivity index (χ1n) is 8.35. The quantitative estimate of drug-likeness (QED) is 0.336. The summed E-state index contributed by atoms with van der Waals surface area (Å²) >= 11 is 0. The minimum absolute atomic E-state index is 0.365. The molecular weight excluding hydrogens is 320 g/mol. The molecule has 2 saturated carbocycles. The number of carbonyl (C=O) groups excluding carboxylic acids is 2. The Hall–Kier alpha value is -0.900. The maximum absolute atomic E-state index is 10.8. The Morgan fingerprint density at radius 2 is 1.17 bits per heavy atom. The zero-order valence-electron chi connectivity index (χ0n) is 14.6.